The maximum absolute atomic E-state index is 13.4. The van der Waals surface area contributed by atoms with Crippen LogP contribution >= 0.6 is 12.4 Å². The summed E-state index contributed by atoms with van der Waals surface area (Å²) in [4.78, 5) is 11.7. The molecule has 1 heterocycles. The summed E-state index contributed by atoms with van der Waals surface area (Å²) in [5, 5.41) is 5.52. The van der Waals surface area contributed by atoms with Crippen molar-refractivity contribution in [3.63, 3.8) is 0 Å². The smallest absolute Gasteiger partial charge is 0.387 e. The summed E-state index contributed by atoms with van der Waals surface area (Å²) < 4.78 is 41.3. The summed E-state index contributed by atoms with van der Waals surface area (Å²) in [6.45, 7) is -2.31. The Balaban J connectivity index is 0.00000200. The molecule has 0 bridgehead atoms. The average Bonchev–Trinajstić information content (AvgIpc) is 2.86. The fourth-order valence-electron chi connectivity index (χ4n) is 1.91. The van der Waals surface area contributed by atoms with E-state index in [1.54, 1.807) is 0 Å². The molecule has 1 unspecified atom stereocenters. The van der Waals surface area contributed by atoms with E-state index in [0.29, 0.717) is 0 Å². The van der Waals surface area contributed by atoms with Gasteiger partial charge in [0.15, 0.2) is 11.6 Å². The number of alkyl halides is 2. The molecule has 1 aromatic carbocycles. The van der Waals surface area contributed by atoms with E-state index in [9.17, 15) is 18.0 Å². The summed E-state index contributed by atoms with van der Waals surface area (Å²) in [5.41, 5.74) is 0.206. The molecule has 4 nitrogen and oxygen atoms in total. The lowest BCUT2D eigenvalue weighted by Gasteiger charge is -2.12. The van der Waals surface area contributed by atoms with Crippen molar-refractivity contribution in [1.29, 1.82) is 0 Å². The summed E-state index contributed by atoms with van der Waals surface area (Å²) in [7, 11) is 0. The molecule has 0 radical (unpaired) electrons. The van der Waals surface area contributed by atoms with E-state index < -0.39 is 18.2 Å². The minimum atomic E-state index is -3.09. The molecule has 0 spiro atoms. The van der Waals surface area contributed by atoms with Crippen LogP contribution in [0.15, 0.2) is 18.2 Å². The number of hydrogen-bond donors (Lipinski definition) is 2. The van der Waals surface area contributed by atoms with E-state index in [-0.39, 0.29) is 30.0 Å². The third-order valence-corrected chi connectivity index (χ3v) is 2.79. The first-order valence-corrected chi connectivity index (χ1v) is 5.85. The minimum absolute atomic E-state index is 0. The second kappa shape index (κ2) is 7.35. The van der Waals surface area contributed by atoms with Crippen LogP contribution in [0, 0.1) is 5.82 Å². The van der Waals surface area contributed by atoms with Gasteiger partial charge < -0.3 is 15.4 Å². The van der Waals surface area contributed by atoms with Crippen LogP contribution in [0.2, 0.25) is 0 Å². The van der Waals surface area contributed by atoms with Gasteiger partial charge in [-0.05, 0) is 31.5 Å². The number of hydrogen-bond acceptors (Lipinski definition) is 3. The Bertz CT molecular complexity index is 468. The van der Waals surface area contributed by atoms with E-state index in [0.717, 1.165) is 31.5 Å². The monoisotopic (exact) mass is 310 g/mol. The van der Waals surface area contributed by atoms with Gasteiger partial charge in [0.1, 0.15) is 0 Å². The largest absolute Gasteiger partial charge is 0.432 e. The van der Waals surface area contributed by atoms with E-state index in [1.807, 2.05) is 0 Å². The molecule has 8 heteroatoms. The van der Waals surface area contributed by atoms with Gasteiger partial charge in [0, 0.05) is 11.8 Å². The molecular formula is C12H14ClF3N2O2. The van der Waals surface area contributed by atoms with Gasteiger partial charge in [-0.25, -0.2) is 4.39 Å². The van der Waals surface area contributed by atoms with Gasteiger partial charge in [-0.15, -0.1) is 12.4 Å². The first kappa shape index (κ1) is 16.6. The van der Waals surface area contributed by atoms with Crippen LogP contribution in [0.4, 0.5) is 18.9 Å². The number of ether oxygens (including phenoxy) is 1. The molecule has 1 aliphatic heterocycles. The quantitative estimate of drug-likeness (QED) is 0.898. The summed E-state index contributed by atoms with van der Waals surface area (Å²) in [5.74, 6) is -1.76. The fraction of sp³-hybridized carbons (Fsp3) is 0.417. The van der Waals surface area contributed by atoms with Crippen LogP contribution in [0.1, 0.15) is 12.8 Å². The van der Waals surface area contributed by atoms with Gasteiger partial charge in [0.05, 0.1) is 6.04 Å². The lowest BCUT2D eigenvalue weighted by molar-refractivity contribution is -0.117. The maximum atomic E-state index is 13.4. The molecule has 1 aromatic rings. The highest BCUT2D eigenvalue weighted by atomic mass is 35.5. The van der Waals surface area contributed by atoms with Gasteiger partial charge >= 0.3 is 6.61 Å². The van der Waals surface area contributed by atoms with Crippen molar-refractivity contribution in [2.75, 3.05) is 11.9 Å². The average molecular weight is 311 g/mol. The Kier molecular flexibility index (Phi) is 6.09. The third-order valence-electron chi connectivity index (χ3n) is 2.79. The number of rotatable bonds is 4. The zero-order chi connectivity index (χ0) is 13.8. The number of carbonyl (C=O) groups is 1. The summed E-state index contributed by atoms with van der Waals surface area (Å²) in [6.07, 6.45) is 1.63. The number of carbonyl (C=O) groups excluding carboxylic acids is 1. The number of amides is 1. The van der Waals surface area contributed by atoms with Crippen molar-refractivity contribution in [2.24, 2.45) is 0 Å². The van der Waals surface area contributed by atoms with E-state index in [4.69, 9.17) is 0 Å². The lowest BCUT2D eigenvalue weighted by atomic mass is 10.2. The number of anilines is 1. The Hall–Kier alpha value is -1.47. The second-order valence-corrected chi connectivity index (χ2v) is 4.16. The van der Waals surface area contributed by atoms with Gasteiger partial charge in [0.25, 0.3) is 0 Å². The normalized spacial score (nSPS) is 17.7. The lowest BCUT2D eigenvalue weighted by Crippen LogP contribution is -2.35. The van der Waals surface area contributed by atoms with Crippen molar-refractivity contribution in [2.45, 2.75) is 25.5 Å². The molecule has 2 N–H and O–H groups in total. The maximum Gasteiger partial charge on any atom is 0.387 e. The SMILES string of the molecule is Cl.O=C(Nc1ccc(OC(F)F)c(F)c1)C1CCCN1. The van der Waals surface area contributed by atoms with E-state index >= 15 is 0 Å². The Morgan fingerprint density at radius 2 is 2.20 bits per heavy atom. The molecule has 1 saturated heterocycles. The Labute approximate surface area is 120 Å². The van der Waals surface area contributed by atoms with Crippen LogP contribution in [-0.2, 0) is 4.79 Å². The number of halogens is 4. The van der Waals surface area contributed by atoms with Crippen LogP contribution < -0.4 is 15.4 Å². The van der Waals surface area contributed by atoms with Crippen molar-refractivity contribution < 1.29 is 22.7 Å². The summed E-state index contributed by atoms with van der Waals surface area (Å²) in [6, 6.07) is 3.03. The third kappa shape index (κ3) is 4.28. The second-order valence-electron chi connectivity index (χ2n) is 4.16. The molecule has 2 rings (SSSR count). The van der Waals surface area contributed by atoms with Gasteiger partial charge in [-0.1, -0.05) is 0 Å². The standard InChI is InChI=1S/C12H13F3N2O2.ClH/c13-8-6-7(3-4-10(8)19-12(14)15)17-11(18)9-2-1-5-16-9;/h3-4,6,9,12,16H,1-2,5H2,(H,17,18);1H. The first-order valence-electron chi connectivity index (χ1n) is 5.85. The molecule has 0 saturated carbocycles. The Morgan fingerprint density at radius 1 is 1.45 bits per heavy atom. The Morgan fingerprint density at radius 3 is 2.75 bits per heavy atom. The molecule has 0 aliphatic carbocycles. The van der Waals surface area contributed by atoms with Crippen LogP contribution in [0.5, 0.6) is 5.75 Å². The van der Waals surface area contributed by atoms with Crippen molar-refractivity contribution in [1.82, 2.24) is 5.32 Å². The topological polar surface area (TPSA) is 50.4 Å². The number of benzene rings is 1. The van der Waals surface area contributed by atoms with Crippen LogP contribution in [0.25, 0.3) is 0 Å². The fourth-order valence-corrected chi connectivity index (χ4v) is 1.91. The molecule has 1 atom stereocenters. The van der Waals surface area contributed by atoms with Gasteiger partial charge in [0.2, 0.25) is 5.91 Å². The highest BCUT2D eigenvalue weighted by molar-refractivity contribution is 5.95. The zero-order valence-corrected chi connectivity index (χ0v) is 11.2. The van der Waals surface area contributed by atoms with Gasteiger partial charge in [-0.2, -0.15) is 8.78 Å². The predicted octanol–water partition coefficient (Wildman–Crippen LogP) is 2.54. The number of nitrogens with one attached hydrogen (secondary N) is 2. The van der Waals surface area contributed by atoms with Crippen LogP contribution in [-0.4, -0.2) is 25.1 Å². The van der Waals surface area contributed by atoms with E-state index in [2.05, 4.69) is 15.4 Å². The first-order chi connectivity index (χ1) is 9.06. The highest BCUT2D eigenvalue weighted by Gasteiger charge is 2.22. The van der Waals surface area contributed by atoms with Gasteiger partial charge in [-0.3, -0.25) is 4.79 Å². The van der Waals surface area contributed by atoms with E-state index in [1.165, 1.54) is 6.07 Å². The predicted molar refractivity (Wildman–Crippen MR) is 69.9 cm³/mol. The molecule has 1 amide bonds. The molecular weight excluding hydrogens is 297 g/mol. The zero-order valence-electron chi connectivity index (χ0n) is 10.4. The molecule has 0 aromatic heterocycles. The molecule has 20 heavy (non-hydrogen) atoms. The van der Waals surface area contributed by atoms with Crippen LogP contribution in [0.3, 0.4) is 0 Å². The molecule has 1 fully saturated rings. The van der Waals surface area contributed by atoms with Crippen molar-refractivity contribution in [3.8, 4) is 5.75 Å². The molecule has 1 aliphatic rings. The van der Waals surface area contributed by atoms with Crippen molar-refractivity contribution >= 4 is 24.0 Å². The summed E-state index contributed by atoms with van der Waals surface area (Å²) >= 11 is 0. The van der Waals surface area contributed by atoms with Crippen molar-refractivity contribution in [3.05, 3.63) is 24.0 Å². The highest BCUT2D eigenvalue weighted by Crippen LogP contribution is 2.23. The minimum Gasteiger partial charge on any atom is -0.432 e. The molecule has 112 valence electrons.